The van der Waals surface area contributed by atoms with Gasteiger partial charge in [0.05, 0.1) is 18.2 Å². The van der Waals surface area contributed by atoms with Gasteiger partial charge in [-0.3, -0.25) is 4.99 Å². The summed E-state index contributed by atoms with van der Waals surface area (Å²) in [5.74, 6) is -0.430. The largest absolute Gasteiger partial charge is 0.471 e. The molecule has 0 aromatic heterocycles. The Labute approximate surface area is 165 Å². The van der Waals surface area contributed by atoms with E-state index in [4.69, 9.17) is 4.74 Å². The molecule has 154 valence electrons. The van der Waals surface area contributed by atoms with Crippen LogP contribution in [0.3, 0.4) is 0 Å². The van der Waals surface area contributed by atoms with Gasteiger partial charge >= 0.3 is 12.1 Å². The van der Waals surface area contributed by atoms with Gasteiger partial charge in [-0.1, -0.05) is 29.4 Å². The van der Waals surface area contributed by atoms with Gasteiger partial charge in [-0.25, -0.2) is 4.79 Å². The van der Waals surface area contributed by atoms with Crippen LogP contribution in [0, 0.1) is 0 Å². The number of halogens is 3. The highest BCUT2D eigenvalue weighted by Crippen LogP contribution is 2.29. The van der Waals surface area contributed by atoms with Crippen molar-refractivity contribution in [3.05, 3.63) is 65.2 Å². The lowest BCUT2D eigenvalue weighted by Crippen LogP contribution is -2.18. The number of esters is 1. The van der Waals surface area contributed by atoms with Gasteiger partial charge in [-0.15, -0.1) is 0 Å². The number of para-hydroxylation sites is 1. The van der Waals surface area contributed by atoms with Gasteiger partial charge in [0.15, 0.2) is 12.4 Å². The zero-order valence-corrected chi connectivity index (χ0v) is 16.0. The smallest absolute Gasteiger partial charge is 0.416 e. The molecule has 0 unspecified atom stereocenters. The first-order valence-corrected chi connectivity index (χ1v) is 8.38. The first-order valence-electron chi connectivity index (χ1n) is 8.38. The maximum Gasteiger partial charge on any atom is 0.416 e. The van der Waals surface area contributed by atoms with Crippen molar-refractivity contribution in [2.45, 2.75) is 13.1 Å². The molecule has 0 N–H and O–H groups in total. The number of nitrogens with zero attached hydrogens (tertiary/aromatic N) is 2. The van der Waals surface area contributed by atoms with Gasteiger partial charge in [0.2, 0.25) is 0 Å². The van der Waals surface area contributed by atoms with Crippen LogP contribution < -0.4 is 4.74 Å². The molecule has 0 amide bonds. The van der Waals surface area contributed by atoms with Crippen LogP contribution in [0.25, 0.3) is 0 Å². The van der Waals surface area contributed by atoms with E-state index in [0.29, 0.717) is 16.8 Å². The Morgan fingerprint density at radius 3 is 2.45 bits per heavy atom. The van der Waals surface area contributed by atoms with Crippen molar-refractivity contribution in [2.75, 3.05) is 21.0 Å². The van der Waals surface area contributed by atoms with Crippen molar-refractivity contribution in [3.63, 3.8) is 0 Å². The monoisotopic (exact) mass is 408 g/mol. The second-order valence-electron chi connectivity index (χ2n) is 5.71. The van der Waals surface area contributed by atoms with Crippen molar-refractivity contribution < 1.29 is 32.3 Å². The molecule has 9 heteroatoms. The fourth-order valence-corrected chi connectivity index (χ4v) is 2.38. The Bertz CT molecular complexity index is 924. The highest BCUT2D eigenvalue weighted by molar-refractivity contribution is 6.43. The zero-order valence-electron chi connectivity index (χ0n) is 16.0. The van der Waals surface area contributed by atoms with Crippen LogP contribution in [0.1, 0.15) is 23.6 Å². The van der Waals surface area contributed by atoms with Crippen molar-refractivity contribution in [3.8, 4) is 5.75 Å². The quantitative estimate of drug-likeness (QED) is 0.393. The number of oxime groups is 1. The number of carbonyl (C=O) groups is 1. The molecule has 0 aliphatic carbocycles. The summed E-state index contributed by atoms with van der Waals surface area (Å²) in [5, 5.41) is 3.67. The molecular weight excluding hydrogens is 389 g/mol. The number of alkyl halides is 3. The molecule has 2 aromatic carbocycles. The lowest BCUT2D eigenvalue weighted by molar-refractivity contribution is -0.137. The highest BCUT2D eigenvalue weighted by Gasteiger charge is 2.30. The number of methoxy groups -OCH3 is 1. The lowest BCUT2D eigenvalue weighted by atomic mass is 10.1. The first-order chi connectivity index (χ1) is 13.8. The van der Waals surface area contributed by atoms with Crippen molar-refractivity contribution in [2.24, 2.45) is 10.1 Å². The third-order valence-corrected chi connectivity index (χ3v) is 3.83. The number of benzene rings is 2. The molecule has 0 spiro atoms. The molecule has 2 rings (SSSR count). The normalized spacial score (nSPS) is 12.5. The molecule has 0 saturated carbocycles. The Hall–Kier alpha value is -3.36. The molecule has 0 heterocycles. The third-order valence-electron chi connectivity index (χ3n) is 3.83. The van der Waals surface area contributed by atoms with E-state index in [0.717, 1.165) is 12.1 Å². The van der Waals surface area contributed by atoms with Crippen molar-refractivity contribution in [1.82, 2.24) is 0 Å². The van der Waals surface area contributed by atoms with Gasteiger partial charge in [-0.2, -0.15) is 13.2 Å². The van der Waals surface area contributed by atoms with E-state index >= 15 is 0 Å². The molecule has 0 aliphatic rings. The summed E-state index contributed by atoms with van der Waals surface area (Å²) in [6.45, 7) is 1.40. The van der Waals surface area contributed by atoms with Crippen LogP contribution in [0.4, 0.5) is 13.2 Å². The molecule has 0 atom stereocenters. The predicted octanol–water partition coefficient (Wildman–Crippen LogP) is 4.07. The van der Waals surface area contributed by atoms with E-state index in [9.17, 15) is 18.0 Å². The second-order valence-corrected chi connectivity index (χ2v) is 5.71. The maximum atomic E-state index is 12.9. The number of hydrogen-bond acceptors (Lipinski definition) is 6. The maximum absolute atomic E-state index is 12.9. The third kappa shape index (κ3) is 5.81. The Morgan fingerprint density at radius 2 is 1.79 bits per heavy atom. The van der Waals surface area contributed by atoms with E-state index < -0.39 is 17.7 Å². The molecule has 29 heavy (non-hydrogen) atoms. The summed E-state index contributed by atoms with van der Waals surface area (Å²) in [6, 6.07) is 11.4. The van der Waals surface area contributed by atoms with Crippen LogP contribution in [-0.2, 0) is 20.5 Å². The van der Waals surface area contributed by atoms with Gasteiger partial charge in [-0.05, 0) is 36.8 Å². The van der Waals surface area contributed by atoms with Gasteiger partial charge in [0.25, 0.3) is 0 Å². The van der Waals surface area contributed by atoms with E-state index in [1.165, 1.54) is 26.4 Å². The fourth-order valence-electron chi connectivity index (χ4n) is 2.38. The minimum absolute atomic E-state index is 0.0934. The highest BCUT2D eigenvalue weighted by atomic mass is 19.4. The summed E-state index contributed by atoms with van der Waals surface area (Å²) in [4.78, 5) is 20.8. The predicted molar refractivity (Wildman–Crippen MR) is 101 cm³/mol. The molecule has 0 radical (unpaired) electrons. The number of aliphatic imine (C=N–C) groups is 1. The SMILES string of the molecule is CO/N=C(/C(=O)OC)c1ccccc1OCN=C(C)c1cccc(C(F)(F)F)c1. The molecule has 0 bridgehead atoms. The van der Waals surface area contributed by atoms with Gasteiger partial charge in [0, 0.05) is 5.71 Å². The average molecular weight is 408 g/mol. The van der Waals surface area contributed by atoms with E-state index in [2.05, 4.69) is 19.7 Å². The number of carbonyl (C=O) groups excluding carboxylic acids is 1. The lowest BCUT2D eigenvalue weighted by Gasteiger charge is -2.11. The van der Waals surface area contributed by atoms with Crippen LogP contribution in [0.5, 0.6) is 5.75 Å². The van der Waals surface area contributed by atoms with Crippen LogP contribution >= 0.6 is 0 Å². The Morgan fingerprint density at radius 1 is 1.07 bits per heavy atom. The fraction of sp³-hybridized carbons (Fsp3) is 0.250. The van der Waals surface area contributed by atoms with Crippen molar-refractivity contribution in [1.29, 1.82) is 0 Å². The topological polar surface area (TPSA) is 69.5 Å². The van der Waals surface area contributed by atoms with Gasteiger partial charge in [0.1, 0.15) is 12.9 Å². The Balaban J connectivity index is 2.21. The Kier molecular flexibility index (Phi) is 7.35. The molecule has 6 nitrogen and oxygen atoms in total. The molecule has 2 aromatic rings. The zero-order chi connectivity index (χ0) is 21.4. The summed E-state index contributed by atoms with van der Waals surface area (Å²) < 4.78 is 48.9. The summed E-state index contributed by atoms with van der Waals surface area (Å²) in [5.41, 5.74) is 0.173. The minimum atomic E-state index is -4.43. The standard InChI is InChI=1S/C20H19F3N2O4/c1-13(14-7-6-8-15(11-14)20(21,22)23)24-12-29-17-10-5-4-9-16(17)18(25-28-3)19(26)27-2/h4-11H,12H2,1-3H3/b24-13?,25-18+. The van der Waals surface area contributed by atoms with Crippen molar-refractivity contribution >= 4 is 17.4 Å². The minimum Gasteiger partial charge on any atom is -0.471 e. The number of ether oxygens (including phenoxy) is 2. The van der Waals surface area contributed by atoms with E-state index in [-0.39, 0.29) is 18.2 Å². The molecule has 0 fully saturated rings. The summed E-state index contributed by atoms with van der Waals surface area (Å²) in [7, 11) is 2.49. The van der Waals surface area contributed by atoms with E-state index in [1.54, 1.807) is 31.2 Å². The van der Waals surface area contributed by atoms with Gasteiger partial charge < -0.3 is 14.3 Å². The van der Waals surface area contributed by atoms with E-state index in [1.807, 2.05) is 0 Å². The molecular formula is C20H19F3N2O4. The summed E-state index contributed by atoms with van der Waals surface area (Å²) in [6.07, 6.45) is -4.43. The number of hydrogen-bond donors (Lipinski definition) is 0. The van der Waals surface area contributed by atoms with Crippen LogP contribution in [0.15, 0.2) is 58.7 Å². The first kappa shape index (κ1) is 21.9. The molecule has 0 saturated heterocycles. The summed E-state index contributed by atoms with van der Waals surface area (Å²) >= 11 is 0. The average Bonchev–Trinajstić information content (AvgIpc) is 2.71. The van der Waals surface area contributed by atoms with Crippen LogP contribution in [0.2, 0.25) is 0 Å². The molecule has 0 aliphatic heterocycles. The number of rotatable bonds is 7. The second kappa shape index (κ2) is 9.72. The van der Waals surface area contributed by atoms with Crippen LogP contribution in [-0.4, -0.2) is 38.3 Å².